The molecule has 1 aromatic heterocycles. The van der Waals surface area contributed by atoms with Gasteiger partial charge in [0.2, 0.25) is 5.88 Å². The molecule has 0 aliphatic carbocycles. The van der Waals surface area contributed by atoms with Gasteiger partial charge in [0.1, 0.15) is 5.82 Å². The first-order valence-electron chi connectivity index (χ1n) is 3.51. The second-order valence-electron chi connectivity index (χ2n) is 1.95. The molecule has 0 aliphatic heterocycles. The van der Waals surface area contributed by atoms with E-state index >= 15 is 0 Å². The molecule has 0 unspecified atom stereocenters. The van der Waals surface area contributed by atoms with Crippen molar-refractivity contribution in [2.24, 2.45) is 5.73 Å². The fraction of sp³-hybridized carbons (Fsp3) is 0.429. The molecule has 1 aromatic rings. The fourth-order valence-corrected chi connectivity index (χ4v) is 0.707. The van der Waals surface area contributed by atoms with Crippen LogP contribution in [0.4, 0.5) is 0 Å². The lowest BCUT2D eigenvalue weighted by atomic mass is 10.5. The Labute approximate surface area is 65.4 Å². The van der Waals surface area contributed by atoms with Gasteiger partial charge in [-0.15, -0.1) is 0 Å². The van der Waals surface area contributed by atoms with Gasteiger partial charge in [-0.25, -0.2) is 4.98 Å². The fourth-order valence-electron chi connectivity index (χ4n) is 0.707. The lowest BCUT2D eigenvalue weighted by molar-refractivity contribution is 0.325. The van der Waals surface area contributed by atoms with Gasteiger partial charge in [0.25, 0.3) is 0 Å². The molecule has 0 atom stereocenters. The molecule has 4 heteroatoms. The molecule has 0 radical (unpaired) electrons. The topological polar surface area (TPSA) is 61.0 Å². The molecule has 60 valence electrons. The van der Waals surface area contributed by atoms with E-state index in [0.717, 1.165) is 0 Å². The quantitative estimate of drug-likeness (QED) is 0.680. The maximum atomic E-state index is 5.33. The molecule has 0 fully saturated rings. The van der Waals surface area contributed by atoms with Crippen molar-refractivity contribution >= 4 is 0 Å². The summed E-state index contributed by atoms with van der Waals surface area (Å²) in [5, 5.41) is 0. The molecular weight excluding hydrogens is 142 g/mol. The average molecular weight is 153 g/mol. The number of nitrogens with zero attached hydrogens (tertiary/aromatic N) is 2. The molecule has 0 spiro atoms. The van der Waals surface area contributed by atoms with Gasteiger partial charge in [0.15, 0.2) is 0 Å². The van der Waals surface area contributed by atoms with Crippen LogP contribution in [-0.2, 0) is 6.54 Å². The average Bonchev–Trinajstić information content (AvgIpc) is 2.06. The maximum Gasteiger partial charge on any atom is 0.216 e. The molecule has 4 nitrogen and oxygen atoms in total. The number of hydrogen-bond acceptors (Lipinski definition) is 4. The predicted molar refractivity (Wildman–Crippen MR) is 41.1 cm³/mol. The largest absolute Gasteiger partial charge is 0.478 e. The molecule has 1 heterocycles. The van der Waals surface area contributed by atoms with E-state index in [-0.39, 0.29) is 0 Å². The molecule has 1 rings (SSSR count). The Morgan fingerprint density at radius 3 is 3.09 bits per heavy atom. The van der Waals surface area contributed by atoms with Crippen molar-refractivity contribution in [2.75, 3.05) is 6.61 Å². The summed E-state index contributed by atoms with van der Waals surface area (Å²) < 4.78 is 5.14. The summed E-state index contributed by atoms with van der Waals surface area (Å²) in [7, 11) is 0. The second-order valence-corrected chi connectivity index (χ2v) is 1.95. The molecule has 0 bridgehead atoms. The lowest BCUT2D eigenvalue weighted by Gasteiger charge is -2.01. The predicted octanol–water partition coefficient (Wildman–Crippen LogP) is 0.334. The molecule has 11 heavy (non-hydrogen) atoms. The Morgan fingerprint density at radius 1 is 1.64 bits per heavy atom. The zero-order valence-electron chi connectivity index (χ0n) is 6.45. The van der Waals surface area contributed by atoms with Gasteiger partial charge in [-0.05, 0) is 6.92 Å². The highest BCUT2D eigenvalue weighted by atomic mass is 16.5. The van der Waals surface area contributed by atoms with Crippen molar-refractivity contribution in [1.82, 2.24) is 9.97 Å². The second kappa shape index (κ2) is 3.88. The Balaban J connectivity index is 2.74. The molecular formula is C7H11N3O. The normalized spacial score (nSPS) is 9.64. The van der Waals surface area contributed by atoms with E-state index in [1.807, 2.05) is 6.92 Å². The van der Waals surface area contributed by atoms with Crippen molar-refractivity contribution in [2.45, 2.75) is 13.5 Å². The monoisotopic (exact) mass is 153 g/mol. The maximum absolute atomic E-state index is 5.33. The van der Waals surface area contributed by atoms with Gasteiger partial charge < -0.3 is 10.5 Å². The van der Waals surface area contributed by atoms with Crippen LogP contribution in [0.5, 0.6) is 5.88 Å². The first-order valence-corrected chi connectivity index (χ1v) is 3.51. The van der Waals surface area contributed by atoms with E-state index in [9.17, 15) is 0 Å². The molecule has 0 aliphatic rings. The van der Waals surface area contributed by atoms with Crippen LogP contribution in [0.2, 0.25) is 0 Å². The Bertz CT molecular complexity index is 227. The number of aromatic nitrogens is 2. The minimum atomic E-state index is 0.348. The minimum Gasteiger partial charge on any atom is -0.478 e. The van der Waals surface area contributed by atoms with Crippen molar-refractivity contribution in [3.05, 3.63) is 18.1 Å². The first-order chi connectivity index (χ1) is 5.36. The highest BCUT2D eigenvalue weighted by Crippen LogP contribution is 2.03. The van der Waals surface area contributed by atoms with Crippen molar-refractivity contribution in [3.63, 3.8) is 0 Å². The zero-order chi connectivity index (χ0) is 8.10. The summed E-state index contributed by atoms with van der Waals surface area (Å²) in [6.45, 7) is 2.87. The van der Waals surface area contributed by atoms with Crippen LogP contribution < -0.4 is 10.5 Å². The van der Waals surface area contributed by atoms with Crippen LogP contribution in [0, 0.1) is 0 Å². The standard InChI is InChI=1S/C7H11N3O/c1-2-11-7-3-4-9-6(5-8)10-7/h3-4H,2,5,8H2,1H3. The summed E-state index contributed by atoms with van der Waals surface area (Å²) in [5.41, 5.74) is 5.33. The Kier molecular flexibility index (Phi) is 2.80. The van der Waals surface area contributed by atoms with Gasteiger partial charge in [-0.1, -0.05) is 0 Å². The van der Waals surface area contributed by atoms with Gasteiger partial charge >= 0.3 is 0 Å². The van der Waals surface area contributed by atoms with Crippen molar-refractivity contribution in [3.8, 4) is 5.88 Å². The van der Waals surface area contributed by atoms with E-state index in [4.69, 9.17) is 10.5 Å². The van der Waals surface area contributed by atoms with E-state index in [1.165, 1.54) is 0 Å². The van der Waals surface area contributed by atoms with E-state index in [2.05, 4.69) is 9.97 Å². The third-order valence-corrected chi connectivity index (χ3v) is 1.15. The van der Waals surface area contributed by atoms with Crippen LogP contribution in [0.1, 0.15) is 12.7 Å². The number of nitrogens with two attached hydrogens (primary N) is 1. The van der Waals surface area contributed by atoms with Gasteiger partial charge in [0.05, 0.1) is 13.2 Å². The third-order valence-electron chi connectivity index (χ3n) is 1.15. The molecule has 0 saturated carbocycles. The lowest BCUT2D eigenvalue weighted by Crippen LogP contribution is -2.04. The van der Waals surface area contributed by atoms with Crippen LogP contribution in [0.25, 0.3) is 0 Å². The van der Waals surface area contributed by atoms with E-state index in [0.29, 0.717) is 24.9 Å². The smallest absolute Gasteiger partial charge is 0.216 e. The molecule has 0 amide bonds. The van der Waals surface area contributed by atoms with Gasteiger partial charge in [-0.3, -0.25) is 0 Å². The van der Waals surface area contributed by atoms with Crippen molar-refractivity contribution in [1.29, 1.82) is 0 Å². The van der Waals surface area contributed by atoms with Gasteiger partial charge in [0, 0.05) is 12.3 Å². The van der Waals surface area contributed by atoms with Crippen LogP contribution in [-0.4, -0.2) is 16.6 Å². The third kappa shape index (κ3) is 2.16. The number of ether oxygens (including phenoxy) is 1. The zero-order valence-corrected chi connectivity index (χ0v) is 6.45. The summed E-state index contributed by atoms with van der Waals surface area (Å²) in [4.78, 5) is 7.95. The molecule has 2 N–H and O–H groups in total. The SMILES string of the molecule is CCOc1ccnc(CN)n1. The number of hydrogen-bond donors (Lipinski definition) is 1. The summed E-state index contributed by atoms with van der Waals surface area (Å²) in [6.07, 6.45) is 1.64. The Morgan fingerprint density at radius 2 is 2.45 bits per heavy atom. The highest BCUT2D eigenvalue weighted by molar-refractivity contribution is 5.08. The minimum absolute atomic E-state index is 0.348. The summed E-state index contributed by atoms with van der Waals surface area (Å²) in [5.74, 6) is 1.19. The van der Waals surface area contributed by atoms with E-state index in [1.54, 1.807) is 12.3 Å². The molecule has 0 aromatic carbocycles. The first kappa shape index (κ1) is 7.94. The highest BCUT2D eigenvalue weighted by Gasteiger charge is 1.95. The van der Waals surface area contributed by atoms with Crippen molar-refractivity contribution < 1.29 is 4.74 Å². The van der Waals surface area contributed by atoms with Crippen LogP contribution in [0.15, 0.2) is 12.3 Å². The molecule has 0 saturated heterocycles. The van der Waals surface area contributed by atoms with Crippen LogP contribution in [0.3, 0.4) is 0 Å². The number of rotatable bonds is 3. The van der Waals surface area contributed by atoms with E-state index < -0.39 is 0 Å². The Hall–Kier alpha value is -1.16. The van der Waals surface area contributed by atoms with Crippen LogP contribution >= 0.6 is 0 Å². The summed E-state index contributed by atoms with van der Waals surface area (Å²) >= 11 is 0. The van der Waals surface area contributed by atoms with Gasteiger partial charge in [-0.2, -0.15) is 4.98 Å². The summed E-state index contributed by atoms with van der Waals surface area (Å²) in [6, 6.07) is 1.71.